The number of ether oxygens (including phenoxy) is 1. The molecule has 0 radical (unpaired) electrons. The van der Waals surface area contributed by atoms with Crippen molar-refractivity contribution in [3.05, 3.63) is 63.7 Å². The normalized spacial score (nSPS) is 11.2. The Balaban J connectivity index is 2.64. The molecule has 0 amide bonds. The first kappa shape index (κ1) is 17.5. The van der Waals surface area contributed by atoms with E-state index in [2.05, 4.69) is 0 Å². The zero-order valence-electron chi connectivity index (χ0n) is 12.5. The highest BCUT2D eigenvalue weighted by Gasteiger charge is 2.34. The Morgan fingerprint density at radius 1 is 1.21 bits per heavy atom. The van der Waals surface area contributed by atoms with Crippen molar-refractivity contribution < 1.29 is 27.6 Å². The molecule has 8 heteroatoms. The second-order valence-corrected chi connectivity index (χ2v) is 4.75. The van der Waals surface area contributed by atoms with Crippen LogP contribution in [-0.4, -0.2) is 17.5 Å². The van der Waals surface area contributed by atoms with Crippen molar-refractivity contribution in [1.82, 2.24) is 0 Å². The molecule has 0 N–H and O–H groups in total. The van der Waals surface area contributed by atoms with Crippen LogP contribution in [0.5, 0.6) is 0 Å². The van der Waals surface area contributed by atoms with Crippen LogP contribution >= 0.6 is 0 Å². The Labute approximate surface area is 134 Å². The number of halogens is 3. The average molecular weight is 339 g/mol. The first-order valence-corrected chi connectivity index (χ1v) is 6.88. The van der Waals surface area contributed by atoms with Crippen molar-refractivity contribution in [2.24, 2.45) is 0 Å². The largest absolute Gasteiger partial charge is 0.462 e. The van der Waals surface area contributed by atoms with Gasteiger partial charge in [0.2, 0.25) is 0 Å². The van der Waals surface area contributed by atoms with Gasteiger partial charge in [0.25, 0.3) is 5.69 Å². The van der Waals surface area contributed by atoms with Crippen LogP contribution in [0.2, 0.25) is 0 Å². The number of hydrogen-bond donors (Lipinski definition) is 0. The maximum absolute atomic E-state index is 13.1. The summed E-state index contributed by atoms with van der Waals surface area (Å²) < 4.78 is 44.1. The lowest BCUT2D eigenvalue weighted by atomic mass is 9.97. The Morgan fingerprint density at radius 2 is 1.88 bits per heavy atom. The molecule has 0 unspecified atom stereocenters. The summed E-state index contributed by atoms with van der Waals surface area (Å²) in [6.45, 7) is 1.51. The number of nitro groups is 1. The SMILES string of the molecule is CCOC(=O)c1cc(-c2ccccc2C(F)(F)F)ccc1[N+](=O)[O-]. The molecule has 0 aliphatic carbocycles. The summed E-state index contributed by atoms with van der Waals surface area (Å²) in [4.78, 5) is 22.1. The highest BCUT2D eigenvalue weighted by molar-refractivity contribution is 5.95. The third kappa shape index (κ3) is 3.53. The standard InChI is InChI=1S/C16H12F3NO4/c1-2-24-15(21)12-9-10(7-8-14(12)20(22)23)11-5-3-4-6-13(11)16(17,18)19/h3-9H,2H2,1H3. The molecule has 0 heterocycles. The minimum absolute atomic E-state index is 0.0145. The van der Waals surface area contributed by atoms with Crippen LogP contribution in [0.25, 0.3) is 11.1 Å². The molecule has 126 valence electrons. The minimum Gasteiger partial charge on any atom is -0.462 e. The topological polar surface area (TPSA) is 69.4 Å². The van der Waals surface area contributed by atoms with E-state index in [1.54, 1.807) is 0 Å². The molecule has 2 aromatic rings. The number of carbonyl (C=O) groups is 1. The molecular weight excluding hydrogens is 327 g/mol. The fourth-order valence-corrected chi connectivity index (χ4v) is 2.22. The number of alkyl halides is 3. The molecule has 0 atom stereocenters. The number of nitro benzene ring substituents is 1. The average Bonchev–Trinajstić information content (AvgIpc) is 2.53. The Bertz CT molecular complexity index is 787. The molecule has 0 spiro atoms. The van der Waals surface area contributed by atoms with Crippen molar-refractivity contribution in [1.29, 1.82) is 0 Å². The van der Waals surface area contributed by atoms with Crippen molar-refractivity contribution in [3.8, 4) is 11.1 Å². The molecule has 2 aromatic carbocycles. The van der Waals surface area contributed by atoms with Crippen molar-refractivity contribution in [2.75, 3.05) is 6.61 Å². The lowest BCUT2D eigenvalue weighted by Gasteiger charge is -2.13. The van der Waals surface area contributed by atoms with Gasteiger partial charge in [-0.1, -0.05) is 18.2 Å². The van der Waals surface area contributed by atoms with E-state index in [-0.39, 0.29) is 17.7 Å². The number of rotatable bonds is 4. The van der Waals surface area contributed by atoms with E-state index < -0.39 is 33.9 Å². The first-order chi connectivity index (χ1) is 11.3. The van der Waals surface area contributed by atoms with Gasteiger partial charge in [0.05, 0.1) is 17.1 Å². The van der Waals surface area contributed by atoms with E-state index in [4.69, 9.17) is 4.74 Å². The monoisotopic (exact) mass is 339 g/mol. The number of esters is 1. The number of carbonyl (C=O) groups excluding carboxylic acids is 1. The molecule has 0 aromatic heterocycles. The molecule has 5 nitrogen and oxygen atoms in total. The van der Waals surface area contributed by atoms with Gasteiger partial charge in [-0.3, -0.25) is 10.1 Å². The zero-order chi connectivity index (χ0) is 17.9. The number of nitrogens with zero attached hydrogens (tertiary/aromatic N) is 1. The smallest absolute Gasteiger partial charge is 0.417 e. The van der Waals surface area contributed by atoms with Crippen LogP contribution in [0.15, 0.2) is 42.5 Å². The fraction of sp³-hybridized carbons (Fsp3) is 0.188. The zero-order valence-corrected chi connectivity index (χ0v) is 12.5. The Morgan fingerprint density at radius 3 is 2.46 bits per heavy atom. The quantitative estimate of drug-likeness (QED) is 0.468. The van der Waals surface area contributed by atoms with Gasteiger partial charge in [-0.15, -0.1) is 0 Å². The predicted octanol–water partition coefficient (Wildman–Crippen LogP) is 4.46. The predicted molar refractivity (Wildman–Crippen MR) is 79.5 cm³/mol. The number of benzene rings is 2. The van der Waals surface area contributed by atoms with Gasteiger partial charge in [-0.2, -0.15) is 13.2 Å². The highest BCUT2D eigenvalue weighted by Crippen LogP contribution is 2.38. The van der Waals surface area contributed by atoms with E-state index >= 15 is 0 Å². The van der Waals surface area contributed by atoms with Crippen LogP contribution in [0.4, 0.5) is 18.9 Å². The summed E-state index contributed by atoms with van der Waals surface area (Å²) in [6, 6.07) is 8.00. The van der Waals surface area contributed by atoms with E-state index in [0.717, 1.165) is 18.2 Å². The maximum Gasteiger partial charge on any atom is 0.417 e. The summed E-state index contributed by atoms with van der Waals surface area (Å²) >= 11 is 0. The molecule has 0 bridgehead atoms. The molecule has 0 aliphatic rings. The van der Waals surface area contributed by atoms with Crippen molar-refractivity contribution >= 4 is 11.7 Å². The Hall–Kier alpha value is -2.90. The molecule has 0 saturated carbocycles. The van der Waals surface area contributed by atoms with Crippen LogP contribution in [0, 0.1) is 10.1 Å². The number of hydrogen-bond acceptors (Lipinski definition) is 4. The lowest BCUT2D eigenvalue weighted by molar-refractivity contribution is -0.385. The van der Waals surface area contributed by atoms with E-state index in [0.29, 0.717) is 0 Å². The van der Waals surface area contributed by atoms with E-state index in [1.165, 1.54) is 31.2 Å². The Kier molecular flexibility index (Phi) is 4.87. The third-order valence-electron chi connectivity index (χ3n) is 3.23. The van der Waals surface area contributed by atoms with E-state index in [9.17, 15) is 28.1 Å². The van der Waals surface area contributed by atoms with Gasteiger partial charge in [0, 0.05) is 6.07 Å². The van der Waals surface area contributed by atoms with Gasteiger partial charge in [-0.05, 0) is 36.2 Å². The maximum atomic E-state index is 13.1. The summed E-state index contributed by atoms with van der Waals surface area (Å²) in [6.07, 6.45) is -4.59. The van der Waals surface area contributed by atoms with Gasteiger partial charge in [0.15, 0.2) is 0 Å². The van der Waals surface area contributed by atoms with Crippen molar-refractivity contribution in [3.63, 3.8) is 0 Å². The minimum atomic E-state index is -4.59. The molecule has 0 aliphatic heterocycles. The second-order valence-electron chi connectivity index (χ2n) is 4.75. The van der Waals surface area contributed by atoms with Crippen LogP contribution in [-0.2, 0) is 10.9 Å². The van der Waals surface area contributed by atoms with Crippen LogP contribution < -0.4 is 0 Å². The van der Waals surface area contributed by atoms with Gasteiger partial charge >= 0.3 is 12.1 Å². The summed E-state index contributed by atoms with van der Waals surface area (Å²) in [5.74, 6) is -0.962. The van der Waals surface area contributed by atoms with Gasteiger partial charge < -0.3 is 4.74 Å². The molecule has 0 fully saturated rings. The molecular formula is C16H12F3NO4. The van der Waals surface area contributed by atoms with Crippen LogP contribution in [0.1, 0.15) is 22.8 Å². The third-order valence-corrected chi connectivity index (χ3v) is 3.23. The first-order valence-electron chi connectivity index (χ1n) is 6.88. The van der Waals surface area contributed by atoms with E-state index in [1.807, 2.05) is 0 Å². The molecule has 24 heavy (non-hydrogen) atoms. The summed E-state index contributed by atoms with van der Waals surface area (Å²) in [7, 11) is 0. The molecule has 0 saturated heterocycles. The van der Waals surface area contributed by atoms with Gasteiger partial charge in [-0.25, -0.2) is 4.79 Å². The van der Waals surface area contributed by atoms with Crippen molar-refractivity contribution in [2.45, 2.75) is 13.1 Å². The lowest BCUT2D eigenvalue weighted by Crippen LogP contribution is -2.09. The fourth-order valence-electron chi connectivity index (χ4n) is 2.22. The van der Waals surface area contributed by atoms with Crippen LogP contribution in [0.3, 0.4) is 0 Å². The highest BCUT2D eigenvalue weighted by atomic mass is 19.4. The van der Waals surface area contributed by atoms with Gasteiger partial charge in [0.1, 0.15) is 5.56 Å². The summed E-state index contributed by atoms with van der Waals surface area (Å²) in [5.41, 5.74) is -1.95. The molecule has 2 rings (SSSR count). The summed E-state index contributed by atoms with van der Waals surface area (Å²) in [5, 5.41) is 11.0. The second kappa shape index (κ2) is 6.69.